The van der Waals surface area contributed by atoms with Crippen LogP contribution in [0.2, 0.25) is 0 Å². The molecule has 2 aliphatic heterocycles. The minimum Gasteiger partial charge on any atom is -0.503 e. The van der Waals surface area contributed by atoms with Crippen LogP contribution in [0.1, 0.15) is 207 Å². The van der Waals surface area contributed by atoms with Crippen molar-refractivity contribution in [3.8, 4) is 39.6 Å². The van der Waals surface area contributed by atoms with Crippen LogP contribution in [0.25, 0.3) is 49.9 Å². The molecule has 0 spiro atoms. The third kappa shape index (κ3) is 8.85. The van der Waals surface area contributed by atoms with Crippen molar-refractivity contribution in [1.29, 1.82) is 0 Å². The van der Waals surface area contributed by atoms with Crippen molar-refractivity contribution in [2.75, 3.05) is 4.90 Å². The normalized spacial score (nSPS) is 18.1. The Bertz CT molecular complexity index is 4150. The van der Waals surface area contributed by atoms with Crippen molar-refractivity contribution >= 4 is 33.3 Å². The molecule has 3 aliphatic rings. The fourth-order valence-electron chi connectivity index (χ4n) is 14.3. The molecule has 0 bridgehead atoms. The monoisotopic (exact) mass is 1280 g/mol. The van der Waals surface area contributed by atoms with Crippen LogP contribution in [0.3, 0.4) is 0 Å². The van der Waals surface area contributed by atoms with Gasteiger partial charge in [-0.15, -0.1) is 28.6 Å². The molecule has 9 aromatic rings. The van der Waals surface area contributed by atoms with Crippen LogP contribution in [-0.2, 0) is 53.8 Å². The molecule has 1 aliphatic carbocycles. The number of nitrogens with zero attached hydrogens (tertiary/aromatic N) is 4. The number of rotatable bonds is 7. The van der Waals surface area contributed by atoms with Gasteiger partial charge in [0.1, 0.15) is 11.4 Å². The molecule has 83 heavy (non-hydrogen) atoms. The SMILES string of the molecule is Cc1cc(C)c(-c2cc(Oc3[c-]c4c(cc3C)c3cc(C(C)(C)C)cc5c3n4-c3ncccc3C5(C)C)[c-]c(C3=N[C@]4(C)c5ccc(C(C)(C)C)cc5-c5cc(C(C)(C)C)ccc5[C@]4(C)N3c3c(C(C)C)cccc3C(C)C)c2)c(C)c1.[Pt+2]. The first-order chi connectivity index (χ1) is 38.3. The average Bonchev–Trinajstić information content (AvgIpc) is 4.09. The van der Waals surface area contributed by atoms with E-state index in [2.05, 4.69) is 276 Å². The van der Waals surface area contributed by atoms with Gasteiger partial charge in [-0.3, -0.25) is 0 Å². The third-order valence-electron chi connectivity index (χ3n) is 19.1. The molecule has 2 aromatic heterocycles. The zero-order valence-corrected chi connectivity index (χ0v) is 55.4. The number of para-hydroxylation sites is 1. The fourth-order valence-corrected chi connectivity index (χ4v) is 14.3. The maximum atomic E-state index is 7.45. The second-order valence-corrected chi connectivity index (χ2v) is 29.1. The second-order valence-electron chi connectivity index (χ2n) is 29.1. The Morgan fingerprint density at radius 2 is 1.16 bits per heavy atom. The topological polar surface area (TPSA) is 42.6 Å². The molecule has 0 radical (unpaired) electrons. The van der Waals surface area contributed by atoms with E-state index in [4.69, 9.17) is 14.7 Å². The Kier molecular flexibility index (Phi) is 13.7. The smallest absolute Gasteiger partial charge is 0.503 e. The quantitative estimate of drug-likeness (QED) is 0.149. The first-order valence-corrected chi connectivity index (χ1v) is 30.0. The van der Waals surface area contributed by atoms with E-state index in [0.29, 0.717) is 11.5 Å². The maximum absolute atomic E-state index is 7.45. The van der Waals surface area contributed by atoms with Crippen LogP contribution in [0.4, 0.5) is 5.69 Å². The van der Waals surface area contributed by atoms with Crippen molar-refractivity contribution in [1.82, 2.24) is 9.55 Å². The molecule has 12 rings (SSSR count). The summed E-state index contributed by atoms with van der Waals surface area (Å²) >= 11 is 0. The molecule has 6 heteroatoms. The van der Waals surface area contributed by atoms with Crippen LogP contribution in [0, 0.1) is 39.8 Å². The second kappa shape index (κ2) is 19.5. The van der Waals surface area contributed by atoms with Crippen LogP contribution in [-0.4, -0.2) is 15.4 Å². The largest absolute Gasteiger partial charge is 2.00 e. The zero-order chi connectivity index (χ0) is 58.9. The summed E-state index contributed by atoms with van der Waals surface area (Å²) in [7, 11) is 0. The summed E-state index contributed by atoms with van der Waals surface area (Å²) in [5, 5.41) is 2.35. The number of hydrogen-bond donors (Lipinski definition) is 0. The Morgan fingerprint density at radius 3 is 1.75 bits per heavy atom. The molecule has 0 saturated carbocycles. The number of aromatic nitrogens is 2. The van der Waals surface area contributed by atoms with E-state index >= 15 is 0 Å². The molecule has 2 atom stereocenters. The Balaban J connectivity index is 0.00000721. The molecule has 5 nitrogen and oxygen atoms in total. The molecule has 7 aromatic carbocycles. The number of aliphatic imine (C=N–C) groups is 1. The third-order valence-corrected chi connectivity index (χ3v) is 19.1. The fraction of sp³-hybridized carbons (Fsp3) is 0.377. The first-order valence-electron chi connectivity index (χ1n) is 30.0. The molecular formula is C77H84N4OPt. The van der Waals surface area contributed by atoms with Gasteiger partial charge in [-0.2, -0.15) is 6.07 Å². The Labute approximate surface area is 510 Å². The summed E-state index contributed by atoms with van der Waals surface area (Å²) in [5.41, 5.74) is 23.2. The van der Waals surface area contributed by atoms with Gasteiger partial charge in [0.25, 0.3) is 0 Å². The summed E-state index contributed by atoms with van der Waals surface area (Å²) in [5.74, 6) is 3.51. The Morgan fingerprint density at radius 1 is 0.566 bits per heavy atom. The van der Waals surface area contributed by atoms with E-state index in [0.717, 1.165) is 39.2 Å². The molecule has 428 valence electrons. The number of fused-ring (bicyclic) bond motifs is 11. The predicted octanol–water partition coefficient (Wildman–Crippen LogP) is 20.3. The number of aryl methyl sites for hydroxylation is 4. The first kappa shape index (κ1) is 58.2. The van der Waals surface area contributed by atoms with E-state index in [1.165, 1.54) is 100 Å². The molecule has 0 amide bonds. The summed E-state index contributed by atoms with van der Waals surface area (Å²) in [6.45, 7) is 48.6. The minimum atomic E-state index is -0.762. The number of pyridine rings is 1. The van der Waals surface area contributed by atoms with E-state index in [9.17, 15) is 0 Å². The van der Waals surface area contributed by atoms with Crippen LogP contribution in [0.15, 0.2) is 120 Å². The van der Waals surface area contributed by atoms with Gasteiger partial charge < -0.3 is 19.2 Å². The van der Waals surface area contributed by atoms with Gasteiger partial charge >= 0.3 is 21.1 Å². The number of ether oxygens (including phenoxy) is 1. The Hall–Kier alpha value is -6.55. The van der Waals surface area contributed by atoms with Crippen molar-refractivity contribution in [3.63, 3.8) is 0 Å². The molecule has 0 N–H and O–H groups in total. The summed E-state index contributed by atoms with van der Waals surface area (Å²) in [6.07, 6.45) is 1.92. The van der Waals surface area contributed by atoms with Gasteiger partial charge in [0.05, 0.1) is 11.4 Å². The number of hydrogen-bond acceptors (Lipinski definition) is 4. The van der Waals surface area contributed by atoms with Gasteiger partial charge in [0.15, 0.2) is 0 Å². The molecule has 0 fully saturated rings. The number of benzene rings is 7. The van der Waals surface area contributed by atoms with Gasteiger partial charge in [-0.1, -0.05) is 224 Å². The average molecular weight is 1280 g/mol. The summed E-state index contributed by atoms with van der Waals surface area (Å²) in [4.78, 5) is 14.1. The van der Waals surface area contributed by atoms with Crippen molar-refractivity contribution < 1.29 is 25.8 Å². The van der Waals surface area contributed by atoms with Crippen LogP contribution in [0.5, 0.6) is 11.5 Å². The van der Waals surface area contributed by atoms with Crippen molar-refractivity contribution in [2.45, 2.75) is 190 Å². The van der Waals surface area contributed by atoms with E-state index < -0.39 is 11.1 Å². The number of anilines is 1. The summed E-state index contributed by atoms with van der Waals surface area (Å²) < 4.78 is 9.80. The predicted molar refractivity (Wildman–Crippen MR) is 346 cm³/mol. The van der Waals surface area contributed by atoms with Crippen molar-refractivity contribution in [2.24, 2.45) is 4.99 Å². The minimum absolute atomic E-state index is 0. The van der Waals surface area contributed by atoms with E-state index in [1.54, 1.807) is 0 Å². The van der Waals surface area contributed by atoms with E-state index in [-0.39, 0.29) is 54.6 Å². The van der Waals surface area contributed by atoms with Gasteiger partial charge in [0.2, 0.25) is 0 Å². The van der Waals surface area contributed by atoms with Crippen LogP contribution >= 0.6 is 0 Å². The van der Waals surface area contributed by atoms with Crippen molar-refractivity contribution in [3.05, 3.63) is 205 Å². The zero-order valence-electron chi connectivity index (χ0n) is 53.1. The molecule has 0 unspecified atom stereocenters. The standard InChI is InChI=1S/C77H84N4O.Pt/c1-43(2)55-24-22-25-56(44(3)4)68(55)81-70(79-76(20)61-29-27-51(72(9,10)11)38-57(61)58-39-52(73(12,13)14)28-30-62(58)77(76,81)21)50-35-49(67-47(7)32-45(5)33-48(67)8)36-54(37-50)82-66-42-65-59(34-46(66)6)60-40-53(74(15,16)17)41-64-69(60)80(65)71-63(75(64,18)19)26-23-31-78-71;/h22-36,38-41,43-44H,1-21H3;/q-2;+2/t76-,77+;/m1./s1. The molecule has 0 saturated heterocycles. The summed E-state index contributed by atoms with van der Waals surface area (Å²) in [6, 6.07) is 50.1. The molecular weight excluding hydrogens is 1190 g/mol. The maximum Gasteiger partial charge on any atom is 2.00 e. The van der Waals surface area contributed by atoms with Gasteiger partial charge in [-0.25, -0.2) is 4.98 Å². The van der Waals surface area contributed by atoms with Gasteiger partial charge in [-0.05, 0) is 146 Å². The molecule has 4 heterocycles. The van der Waals surface area contributed by atoms with E-state index in [1.807, 2.05) is 6.20 Å². The van der Waals surface area contributed by atoms with Gasteiger partial charge in [0, 0.05) is 39.9 Å². The van der Waals surface area contributed by atoms with Crippen LogP contribution < -0.4 is 9.64 Å². The number of amidine groups is 1.